The van der Waals surface area contributed by atoms with Gasteiger partial charge in [-0.15, -0.1) is 0 Å². The monoisotopic (exact) mass is 297 g/mol. The third-order valence-corrected chi connectivity index (χ3v) is 4.25. The number of rotatable bonds is 1. The Morgan fingerprint density at radius 1 is 1.32 bits per heavy atom. The summed E-state index contributed by atoms with van der Waals surface area (Å²) >= 11 is 12.1. The summed E-state index contributed by atoms with van der Waals surface area (Å²) in [5, 5.41) is 11.9. The van der Waals surface area contributed by atoms with Crippen molar-refractivity contribution in [3.8, 4) is 5.75 Å². The van der Waals surface area contributed by atoms with E-state index < -0.39 is 6.10 Å². The third kappa shape index (κ3) is 2.06. The number of pyridine rings is 1. The minimum absolute atomic E-state index is 0.453. The molecule has 1 aliphatic carbocycles. The summed E-state index contributed by atoms with van der Waals surface area (Å²) in [5.74, 6) is 0.748. The number of aromatic nitrogens is 1. The van der Waals surface area contributed by atoms with Gasteiger partial charge in [-0.2, -0.15) is 0 Å². The van der Waals surface area contributed by atoms with Crippen molar-refractivity contribution in [2.45, 2.75) is 25.4 Å². The Morgan fingerprint density at radius 3 is 2.79 bits per heavy atom. The lowest BCUT2D eigenvalue weighted by molar-refractivity contribution is 0.151. The fraction of sp³-hybridized carbons (Fsp3) is 0.357. The van der Waals surface area contributed by atoms with Gasteiger partial charge in [-0.05, 0) is 31.4 Å². The number of aliphatic hydroxyl groups excluding tert-OH is 1. The number of halogens is 2. The highest BCUT2D eigenvalue weighted by molar-refractivity contribution is 6.42. The molecule has 3 rings (SSSR count). The number of nitrogens with zero attached hydrogens (tertiary/aromatic N) is 1. The van der Waals surface area contributed by atoms with Crippen LogP contribution in [0.1, 0.15) is 30.2 Å². The first kappa shape index (κ1) is 13.0. The first-order valence-corrected chi connectivity index (χ1v) is 6.91. The molecule has 0 fully saturated rings. The molecule has 0 saturated carbocycles. The van der Waals surface area contributed by atoms with Crippen molar-refractivity contribution in [1.82, 2.24) is 4.98 Å². The molecule has 1 heterocycles. The van der Waals surface area contributed by atoms with Crippen molar-refractivity contribution in [2.75, 3.05) is 7.11 Å². The van der Waals surface area contributed by atoms with Crippen LogP contribution in [0.5, 0.6) is 5.75 Å². The van der Waals surface area contributed by atoms with Gasteiger partial charge in [-0.25, -0.2) is 4.98 Å². The first-order valence-electron chi connectivity index (χ1n) is 6.15. The molecule has 100 valence electrons. The van der Waals surface area contributed by atoms with Gasteiger partial charge in [0.05, 0.1) is 34.5 Å². The minimum atomic E-state index is -0.531. The van der Waals surface area contributed by atoms with Crippen LogP contribution in [0.15, 0.2) is 12.1 Å². The van der Waals surface area contributed by atoms with Crippen LogP contribution in [-0.2, 0) is 6.42 Å². The van der Waals surface area contributed by atoms with Crippen LogP contribution in [0.4, 0.5) is 0 Å². The van der Waals surface area contributed by atoms with E-state index in [2.05, 4.69) is 4.98 Å². The maximum atomic E-state index is 10.1. The van der Waals surface area contributed by atoms with Gasteiger partial charge in [0.1, 0.15) is 5.75 Å². The standard InChI is InChI=1S/C14H13Cl2NO2/c1-19-14-7-3-2-4-12(18)13(7)17-11-6-10(16)9(15)5-8(11)14/h5-6,12,18H,2-4H2,1H3. The van der Waals surface area contributed by atoms with E-state index in [0.717, 1.165) is 36.0 Å². The summed E-state index contributed by atoms with van der Waals surface area (Å²) in [6.07, 6.45) is 1.99. The van der Waals surface area contributed by atoms with Gasteiger partial charge in [0.25, 0.3) is 0 Å². The molecule has 1 atom stereocenters. The highest BCUT2D eigenvalue weighted by Gasteiger charge is 2.25. The molecule has 0 spiro atoms. The Hall–Kier alpha value is -1.03. The van der Waals surface area contributed by atoms with E-state index in [1.54, 1.807) is 19.2 Å². The number of hydrogen-bond acceptors (Lipinski definition) is 3. The number of ether oxygens (including phenoxy) is 1. The molecule has 1 N–H and O–H groups in total. The van der Waals surface area contributed by atoms with Crippen LogP contribution >= 0.6 is 23.2 Å². The molecule has 0 amide bonds. The van der Waals surface area contributed by atoms with Crippen LogP contribution in [0.3, 0.4) is 0 Å². The normalized spacial score (nSPS) is 18.4. The largest absolute Gasteiger partial charge is 0.496 e. The lowest BCUT2D eigenvalue weighted by Crippen LogP contribution is -2.13. The zero-order valence-electron chi connectivity index (χ0n) is 10.4. The van der Waals surface area contributed by atoms with Gasteiger partial charge in [0, 0.05) is 10.9 Å². The summed E-state index contributed by atoms with van der Waals surface area (Å²) in [7, 11) is 1.62. The van der Waals surface area contributed by atoms with Crippen molar-refractivity contribution in [3.05, 3.63) is 33.4 Å². The van der Waals surface area contributed by atoms with Crippen molar-refractivity contribution in [3.63, 3.8) is 0 Å². The molecule has 1 unspecified atom stereocenters. The quantitative estimate of drug-likeness (QED) is 0.867. The Balaban J connectivity index is 2.38. The van der Waals surface area contributed by atoms with E-state index in [1.165, 1.54) is 0 Å². The molecule has 2 aromatic rings. The SMILES string of the molecule is COc1c2c(nc3cc(Cl)c(Cl)cc13)C(O)CCC2. The highest BCUT2D eigenvalue weighted by atomic mass is 35.5. The molecule has 3 nitrogen and oxygen atoms in total. The summed E-state index contributed by atoms with van der Waals surface area (Å²) in [4.78, 5) is 4.53. The van der Waals surface area contributed by atoms with Crippen molar-refractivity contribution >= 4 is 34.1 Å². The first-order chi connectivity index (χ1) is 9.11. The van der Waals surface area contributed by atoms with E-state index in [1.807, 2.05) is 0 Å². The van der Waals surface area contributed by atoms with Gasteiger partial charge in [-0.3, -0.25) is 0 Å². The van der Waals surface area contributed by atoms with E-state index in [9.17, 15) is 5.11 Å². The number of hydrogen-bond donors (Lipinski definition) is 1. The van der Waals surface area contributed by atoms with Gasteiger partial charge < -0.3 is 9.84 Å². The van der Waals surface area contributed by atoms with E-state index >= 15 is 0 Å². The van der Waals surface area contributed by atoms with Crippen LogP contribution < -0.4 is 4.74 Å². The second-order valence-electron chi connectivity index (χ2n) is 4.70. The number of methoxy groups -OCH3 is 1. The van der Waals surface area contributed by atoms with Crippen molar-refractivity contribution < 1.29 is 9.84 Å². The van der Waals surface area contributed by atoms with E-state index in [-0.39, 0.29) is 0 Å². The molecule has 0 radical (unpaired) electrons. The van der Waals surface area contributed by atoms with Crippen LogP contribution in [0.25, 0.3) is 10.9 Å². The smallest absolute Gasteiger partial charge is 0.133 e. The Kier molecular flexibility index (Phi) is 3.29. The lowest BCUT2D eigenvalue weighted by Gasteiger charge is -2.23. The molecule has 19 heavy (non-hydrogen) atoms. The Morgan fingerprint density at radius 2 is 2.05 bits per heavy atom. The van der Waals surface area contributed by atoms with Gasteiger partial charge in [-0.1, -0.05) is 23.2 Å². The Labute approximate surface area is 121 Å². The molecule has 0 aliphatic heterocycles. The summed E-state index contributed by atoms with van der Waals surface area (Å²) in [6, 6.07) is 3.48. The topological polar surface area (TPSA) is 42.4 Å². The lowest BCUT2D eigenvalue weighted by atomic mass is 9.91. The Bertz CT molecular complexity index is 658. The minimum Gasteiger partial charge on any atom is -0.496 e. The van der Waals surface area contributed by atoms with Crippen LogP contribution in [0, 0.1) is 0 Å². The fourth-order valence-corrected chi connectivity index (χ4v) is 2.97. The second-order valence-corrected chi connectivity index (χ2v) is 5.51. The molecule has 1 aromatic heterocycles. The van der Waals surface area contributed by atoms with E-state index in [0.29, 0.717) is 21.3 Å². The zero-order chi connectivity index (χ0) is 13.6. The molecular formula is C14H13Cl2NO2. The highest BCUT2D eigenvalue weighted by Crippen LogP contribution is 2.40. The molecular weight excluding hydrogens is 285 g/mol. The summed E-state index contributed by atoms with van der Waals surface area (Å²) in [5.41, 5.74) is 2.38. The molecule has 0 saturated heterocycles. The van der Waals surface area contributed by atoms with Gasteiger partial charge in [0.2, 0.25) is 0 Å². The predicted octanol–water partition coefficient (Wildman–Crippen LogP) is 3.92. The summed E-state index contributed by atoms with van der Waals surface area (Å²) in [6.45, 7) is 0. The van der Waals surface area contributed by atoms with Gasteiger partial charge >= 0.3 is 0 Å². The average molecular weight is 298 g/mol. The predicted molar refractivity (Wildman–Crippen MR) is 76.2 cm³/mol. The van der Waals surface area contributed by atoms with Crippen molar-refractivity contribution in [1.29, 1.82) is 0 Å². The maximum Gasteiger partial charge on any atom is 0.133 e. The number of fused-ring (bicyclic) bond motifs is 2. The van der Waals surface area contributed by atoms with Crippen LogP contribution in [-0.4, -0.2) is 17.2 Å². The van der Waals surface area contributed by atoms with Crippen LogP contribution in [0.2, 0.25) is 10.0 Å². The summed E-state index contributed by atoms with van der Waals surface area (Å²) < 4.78 is 5.52. The molecule has 1 aromatic carbocycles. The van der Waals surface area contributed by atoms with Crippen molar-refractivity contribution in [2.24, 2.45) is 0 Å². The second kappa shape index (κ2) is 4.82. The van der Waals surface area contributed by atoms with Gasteiger partial charge in [0.15, 0.2) is 0 Å². The molecule has 1 aliphatic rings. The third-order valence-electron chi connectivity index (χ3n) is 3.53. The molecule has 0 bridgehead atoms. The number of aliphatic hydroxyl groups is 1. The number of benzene rings is 1. The zero-order valence-corrected chi connectivity index (χ0v) is 11.9. The van der Waals surface area contributed by atoms with E-state index in [4.69, 9.17) is 27.9 Å². The average Bonchev–Trinajstić information content (AvgIpc) is 2.39. The maximum absolute atomic E-state index is 10.1. The molecule has 5 heteroatoms. The fourth-order valence-electron chi connectivity index (χ4n) is 2.65.